The Morgan fingerprint density at radius 3 is 2.18 bits per heavy atom. The van der Waals surface area contributed by atoms with Crippen LogP contribution >= 0.6 is 11.3 Å². The summed E-state index contributed by atoms with van der Waals surface area (Å²) in [4.78, 5) is 26.9. The van der Waals surface area contributed by atoms with E-state index >= 15 is 0 Å². The molecule has 0 bridgehead atoms. The van der Waals surface area contributed by atoms with Crippen molar-refractivity contribution in [2.45, 2.75) is 19.3 Å². The Bertz CT molecular complexity index is 986. The van der Waals surface area contributed by atoms with E-state index in [0.29, 0.717) is 16.9 Å². The highest BCUT2D eigenvalue weighted by atomic mass is 32.1. The molecule has 28 heavy (non-hydrogen) atoms. The number of hydrogen-bond acceptors (Lipinski definition) is 4. The van der Waals surface area contributed by atoms with Crippen LogP contribution in [0.4, 0.5) is 11.4 Å². The van der Waals surface area contributed by atoms with Crippen LogP contribution in [0.15, 0.2) is 54.6 Å². The summed E-state index contributed by atoms with van der Waals surface area (Å²) in [5.41, 5.74) is 3.18. The fourth-order valence-corrected chi connectivity index (χ4v) is 4.37. The minimum Gasteiger partial charge on any atom is -0.497 e. The van der Waals surface area contributed by atoms with Crippen LogP contribution in [0.5, 0.6) is 5.75 Å². The number of aryl methyl sites for hydroxylation is 2. The Balaban J connectivity index is 1.38. The average molecular weight is 392 g/mol. The number of benzene rings is 2. The Kier molecular flexibility index (Phi) is 5.12. The van der Waals surface area contributed by atoms with Crippen LogP contribution in [0, 0.1) is 0 Å². The number of amides is 2. The zero-order valence-corrected chi connectivity index (χ0v) is 16.3. The van der Waals surface area contributed by atoms with Gasteiger partial charge in [-0.3, -0.25) is 9.59 Å². The van der Waals surface area contributed by atoms with Crippen LogP contribution in [-0.4, -0.2) is 18.9 Å². The van der Waals surface area contributed by atoms with Gasteiger partial charge in [0.1, 0.15) is 5.75 Å². The van der Waals surface area contributed by atoms with Crippen molar-refractivity contribution in [3.63, 3.8) is 0 Å². The van der Waals surface area contributed by atoms with Crippen LogP contribution in [0.25, 0.3) is 0 Å². The highest BCUT2D eigenvalue weighted by Crippen LogP contribution is 2.31. The summed E-state index contributed by atoms with van der Waals surface area (Å²) in [6, 6.07) is 16.0. The minimum absolute atomic E-state index is 0.102. The van der Waals surface area contributed by atoms with E-state index in [0.717, 1.165) is 23.5 Å². The third-order valence-corrected chi connectivity index (χ3v) is 5.96. The minimum atomic E-state index is -0.210. The largest absolute Gasteiger partial charge is 0.497 e. The molecule has 1 heterocycles. The number of rotatable bonds is 5. The molecule has 5 nitrogen and oxygen atoms in total. The summed E-state index contributed by atoms with van der Waals surface area (Å²) < 4.78 is 5.11. The summed E-state index contributed by atoms with van der Waals surface area (Å²) in [6.07, 6.45) is 3.32. The second-order valence-corrected chi connectivity index (χ2v) is 7.76. The van der Waals surface area contributed by atoms with Gasteiger partial charge in [-0.1, -0.05) is 0 Å². The van der Waals surface area contributed by atoms with Crippen LogP contribution in [0.3, 0.4) is 0 Å². The highest BCUT2D eigenvalue weighted by Gasteiger charge is 2.18. The van der Waals surface area contributed by atoms with Crippen molar-refractivity contribution in [1.82, 2.24) is 0 Å². The van der Waals surface area contributed by atoms with Gasteiger partial charge in [0.15, 0.2) is 0 Å². The maximum Gasteiger partial charge on any atom is 0.265 e. The van der Waals surface area contributed by atoms with Gasteiger partial charge in [-0.05, 0) is 79.4 Å². The molecule has 0 unspecified atom stereocenters. The number of methoxy groups -OCH3 is 1. The second kappa shape index (κ2) is 7.86. The zero-order valence-electron chi connectivity index (χ0n) is 15.5. The maximum atomic E-state index is 12.4. The lowest BCUT2D eigenvalue weighted by molar-refractivity contribution is 0.102. The monoisotopic (exact) mass is 392 g/mol. The molecule has 1 aliphatic rings. The molecule has 2 amide bonds. The molecule has 0 aliphatic heterocycles. The molecule has 0 fully saturated rings. The summed E-state index contributed by atoms with van der Waals surface area (Å²) in [6.45, 7) is 0. The Morgan fingerprint density at radius 1 is 0.893 bits per heavy atom. The van der Waals surface area contributed by atoms with Gasteiger partial charge in [-0.15, -0.1) is 11.3 Å². The van der Waals surface area contributed by atoms with Gasteiger partial charge in [0, 0.05) is 21.8 Å². The van der Waals surface area contributed by atoms with Gasteiger partial charge in [-0.2, -0.15) is 0 Å². The summed E-state index contributed by atoms with van der Waals surface area (Å²) >= 11 is 1.58. The predicted octanol–water partition coefficient (Wildman–Crippen LogP) is 4.75. The van der Waals surface area contributed by atoms with Crippen LogP contribution < -0.4 is 15.4 Å². The number of thiophene rings is 1. The number of fused-ring (bicyclic) bond motifs is 1. The number of carbonyl (C=O) groups excluding carboxylic acids is 2. The van der Waals surface area contributed by atoms with Gasteiger partial charge in [0.2, 0.25) is 0 Å². The van der Waals surface area contributed by atoms with Crippen molar-refractivity contribution < 1.29 is 14.3 Å². The number of hydrogen-bond donors (Lipinski definition) is 2. The molecule has 142 valence electrons. The fraction of sp³-hybridized carbons (Fsp3) is 0.182. The second-order valence-electron chi connectivity index (χ2n) is 6.63. The molecule has 1 aliphatic carbocycles. The molecule has 6 heteroatoms. The average Bonchev–Trinajstić information content (AvgIpc) is 3.31. The van der Waals surface area contributed by atoms with Crippen LogP contribution in [-0.2, 0) is 12.8 Å². The first-order valence-electron chi connectivity index (χ1n) is 9.11. The van der Waals surface area contributed by atoms with Gasteiger partial charge in [0.25, 0.3) is 11.8 Å². The van der Waals surface area contributed by atoms with Crippen molar-refractivity contribution >= 4 is 34.5 Å². The van der Waals surface area contributed by atoms with Gasteiger partial charge >= 0.3 is 0 Å². The number of anilines is 2. The normalized spacial score (nSPS) is 12.3. The first kappa shape index (κ1) is 18.3. The molecule has 0 atom stereocenters. The molecule has 2 N–H and O–H groups in total. The Labute approximate surface area is 167 Å². The van der Waals surface area contributed by atoms with E-state index in [9.17, 15) is 9.59 Å². The van der Waals surface area contributed by atoms with Crippen LogP contribution in [0.1, 0.15) is 36.9 Å². The van der Waals surface area contributed by atoms with E-state index in [1.165, 1.54) is 16.9 Å². The predicted molar refractivity (Wildman–Crippen MR) is 112 cm³/mol. The number of ether oxygens (including phenoxy) is 1. The Hall–Kier alpha value is -3.12. The van der Waals surface area contributed by atoms with E-state index in [4.69, 9.17) is 4.74 Å². The topological polar surface area (TPSA) is 67.4 Å². The van der Waals surface area contributed by atoms with Gasteiger partial charge < -0.3 is 15.4 Å². The molecular formula is C22H20N2O3S. The van der Waals surface area contributed by atoms with E-state index in [-0.39, 0.29) is 11.8 Å². The summed E-state index contributed by atoms with van der Waals surface area (Å²) in [5.74, 6) is 0.418. The van der Waals surface area contributed by atoms with E-state index in [1.54, 1.807) is 67.0 Å². The SMILES string of the molecule is COc1ccc(NC(=O)c2ccc(NC(=O)c3cc4c(s3)CCC4)cc2)cc1. The quantitative estimate of drug-likeness (QED) is 0.658. The number of nitrogens with one attached hydrogen (secondary N) is 2. The molecular weight excluding hydrogens is 372 g/mol. The number of carbonyl (C=O) groups is 2. The third kappa shape index (κ3) is 3.92. The van der Waals surface area contributed by atoms with E-state index < -0.39 is 0 Å². The van der Waals surface area contributed by atoms with Gasteiger partial charge in [0.05, 0.1) is 12.0 Å². The van der Waals surface area contributed by atoms with Crippen molar-refractivity contribution in [3.8, 4) is 5.75 Å². The van der Waals surface area contributed by atoms with Gasteiger partial charge in [-0.25, -0.2) is 0 Å². The maximum absolute atomic E-state index is 12.4. The lowest BCUT2D eigenvalue weighted by Gasteiger charge is -2.08. The molecule has 0 saturated heterocycles. The van der Waals surface area contributed by atoms with Crippen molar-refractivity contribution in [2.75, 3.05) is 17.7 Å². The molecule has 3 aromatic rings. The highest BCUT2D eigenvalue weighted by molar-refractivity contribution is 7.14. The first-order valence-corrected chi connectivity index (χ1v) is 9.92. The molecule has 4 rings (SSSR count). The lowest BCUT2D eigenvalue weighted by Crippen LogP contribution is -2.13. The zero-order chi connectivity index (χ0) is 19.5. The van der Waals surface area contributed by atoms with Crippen molar-refractivity contribution in [2.24, 2.45) is 0 Å². The van der Waals surface area contributed by atoms with E-state index in [1.807, 2.05) is 6.07 Å². The van der Waals surface area contributed by atoms with Crippen LogP contribution in [0.2, 0.25) is 0 Å². The first-order chi connectivity index (χ1) is 13.6. The third-order valence-electron chi connectivity index (χ3n) is 4.72. The van der Waals surface area contributed by atoms with Crippen molar-refractivity contribution in [3.05, 3.63) is 75.5 Å². The molecule has 2 aromatic carbocycles. The smallest absolute Gasteiger partial charge is 0.265 e. The fourth-order valence-electron chi connectivity index (χ4n) is 3.22. The molecule has 0 saturated carbocycles. The summed E-state index contributed by atoms with van der Waals surface area (Å²) in [5, 5.41) is 5.74. The molecule has 0 spiro atoms. The Morgan fingerprint density at radius 2 is 1.54 bits per heavy atom. The standard InChI is InChI=1S/C22H20N2O3S/c1-27-18-11-9-17(10-12-18)23-21(25)14-5-7-16(8-6-14)24-22(26)20-13-15-3-2-4-19(15)28-20/h5-13H,2-4H2,1H3,(H,23,25)(H,24,26). The van der Waals surface area contributed by atoms with Crippen molar-refractivity contribution in [1.29, 1.82) is 0 Å². The lowest BCUT2D eigenvalue weighted by atomic mass is 10.2. The van der Waals surface area contributed by atoms with E-state index in [2.05, 4.69) is 10.6 Å². The molecule has 0 radical (unpaired) electrons. The summed E-state index contributed by atoms with van der Waals surface area (Å²) in [7, 11) is 1.60. The molecule has 1 aromatic heterocycles.